The number of aromatic nitrogens is 2. The lowest BCUT2D eigenvalue weighted by Crippen LogP contribution is -2.51. The van der Waals surface area contributed by atoms with E-state index in [0.29, 0.717) is 6.04 Å². The second-order valence-corrected chi connectivity index (χ2v) is 6.39. The van der Waals surface area contributed by atoms with Crippen LogP contribution in [0.15, 0.2) is 42.7 Å². The van der Waals surface area contributed by atoms with Gasteiger partial charge in [-0.05, 0) is 19.1 Å². The van der Waals surface area contributed by atoms with Gasteiger partial charge in [0.15, 0.2) is 0 Å². The minimum Gasteiger partial charge on any atom is -0.369 e. The van der Waals surface area contributed by atoms with Crippen LogP contribution in [0.1, 0.15) is 12.5 Å². The molecular weight excluding hydrogens is 286 g/mol. The lowest BCUT2D eigenvalue weighted by molar-refractivity contribution is 0.180. The molecule has 0 aliphatic carbocycles. The van der Waals surface area contributed by atoms with E-state index in [2.05, 4.69) is 57.0 Å². The lowest BCUT2D eigenvalue weighted by atomic mass is 10.1. The number of hydrogen-bond acceptors (Lipinski definition) is 5. The monoisotopic (exact) mass is 311 g/mol. The van der Waals surface area contributed by atoms with E-state index < -0.39 is 0 Å². The van der Waals surface area contributed by atoms with E-state index in [0.717, 1.165) is 32.1 Å². The van der Waals surface area contributed by atoms with E-state index in [-0.39, 0.29) is 0 Å². The fourth-order valence-corrected chi connectivity index (χ4v) is 3.00. The molecule has 1 atom stereocenters. The van der Waals surface area contributed by atoms with E-state index in [9.17, 15) is 0 Å². The van der Waals surface area contributed by atoms with Crippen molar-refractivity contribution in [3.05, 3.63) is 48.3 Å². The second-order valence-electron chi connectivity index (χ2n) is 6.39. The van der Waals surface area contributed by atoms with Crippen molar-refractivity contribution < 1.29 is 0 Å². The van der Waals surface area contributed by atoms with Crippen molar-refractivity contribution in [2.45, 2.75) is 19.5 Å². The molecule has 1 fully saturated rings. The number of hydrogen-bond donors (Lipinski definition) is 0. The first-order chi connectivity index (χ1) is 11.1. The Bertz CT molecular complexity index is 611. The van der Waals surface area contributed by atoms with Crippen molar-refractivity contribution >= 4 is 11.6 Å². The quantitative estimate of drug-likeness (QED) is 0.865. The van der Waals surface area contributed by atoms with Gasteiger partial charge in [0.05, 0.1) is 0 Å². The normalized spacial score (nSPS) is 18.9. The number of benzene rings is 1. The maximum absolute atomic E-state index is 4.41. The summed E-state index contributed by atoms with van der Waals surface area (Å²) in [7, 11) is 3.92. The predicted octanol–water partition coefficient (Wildman–Crippen LogP) is 2.25. The summed E-state index contributed by atoms with van der Waals surface area (Å²) in [5, 5.41) is 0. The standard InChI is InChI=1S/C18H25N5/c1-15-13-23(17-7-5-4-6-8-17)10-9-22(15)14-16-11-19-18(20-12-16)21(2)3/h4-8,11-12,15H,9-10,13-14H2,1-3H3. The average Bonchev–Trinajstić information content (AvgIpc) is 2.58. The van der Waals surface area contributed by atoms with Gasteiger partial charge in [-0.1, -0.05) is 18.2 Å². The zero-order valence-electron chi connectivity index (χ0n) is 14.2. The zero-order valence-corrected chi connectivity index (χ0v) is 14.2. The van der Waals surface area contributed by atoms with Crippen LogP contribution in [0.25, 0.3) is 0 Å². The van der Waals surface area contributed by atoms with Gasteiger partial charge in [-0.2, -0.15) is 0 Å². The summed E-state index contributed by atoms with van der Waals surface area (Å²) < 4.78 is 0. The molecule has 2 heterocycles. The second kappa shape index (κ2) is 6.96. The molecule has 3 rings (SSSR count). The third-order valence-electron chi connectivity index (χ3n) is 4.36. The Morgan fingerprint density at radius 1 is 1.09 bits per heavy atom. The van der Waals surface area contributed by atoms with Gasteiger partial charge >= 0.3 is 0 Å². The van der Waals surface area contributed by atoms with Crippen LogP contribution in [0.3, 0.4) is 0 Å². The summed E-state index contributed by atoms with van der Waals surface area (Å²) in [5.74, 6) is 0.760. The molecule has 1 unspecified atom stereocenters. The number of para-hydroxylation sites is 1. The molecule has 1 aliphatic heterocycles. The molecule has 5 nitrogen and oxygen atoms in total. The van der Waals surface area contributed by atoms with E-state index in [1.54, 1.807) is 0 Å². The number of rotatable bonds is 4. The Balaban J connectivity index is 1.60. The van der Waals surface area contributed by atoms with Crippen molar-refractivity contribution in [1.82, 2.24) is 14.9 Å². The van der Waals surface area contributed by atoms with Crippen LogP contribution < -0.4 is 9.80 Å². The third kappa shape index (κ3) is 3.79. The molecule has 0 spiro atoms. The largest absolute Gasteiger partial charge is 0.369 e. The molecule has 0 saturated carbocycles. The van der Waals surface area contributed by atoms with Gasteiger partial charge in [-0.15, -0.1) is 0 Å². The summed E-state index contributed by atoms with van der Waals surface area (Å²) in [4.78, 5) is 15.7. The Morgan fingerprint density at radius 2 is 1.78 bits per heavy atom. The molecule has 1 aromatic heterocycles. The molecule has 0 amide bonds. The van der Waals surface area contributed by atoms with Crippen LogP contribution in [0.2, 0.25) is 0 Å². The van der Waals surface area contributed by atoms with Gasteiger partial charge in [-0.3, -0.25) is 4.90 Å². The minimum atomic E-state index is 0.512. The summed E-state index contributed by atoms with van der Waals surface area (Å²) in [6, 6.07) is 11.2. The zero-order chi connectivity index (χ0) is 16.2. The highest BCUT2D eigenvalue weighted by molar-refractivity contribution is 5.46. The molecule has 23 heavy (non-hydrogen) atoms. The first kappa shape index (κ1) is 15.7. The SMILES string of the molecule is CC1CN(c2ccccc2)CCN1Cc1cnc(N(C)C)nc1. The summed E-state index contributed by atoms with van der Waals surface area (Å²) in [6.45, 7) is 6.39. The van der Waals surface area contributed by atoms with Gasteiger partial charge in [-0.25, -0.2) is 9.97 Å². The number of nitrogens with zero attached hydrogens (tertiary/aromatic N) is 5. The van der Waals surface area contributed by atoms with E-state index in [1.165, 1.54) is 11.3 Å². The first-order valence-electron chi connectivity index (χ1n) is 8.16. The molecule has 1 aliphatic rings. The van der Waals surface area contributed by atoms with E-state index in [4.69, 9.17) is 0 Å². The molecule has 0 bridgehead atoms. The van der Waals surface area contributed by atoms with Crippen LogP contribution in [0, 0.1) is 0 Å². The third-order valence-corrected chi connectivity index (χ3v) is 4.36. The van der Waals surface area contributed by atoms with Crippen molar-refractivity contribution in [2.24, 2.45) is 0 Å². The lowest BCUT2D eigenvalue weighted by Gasteiger charge is -2.41. The first-order valence-corrected chi connectivity index (χ1v) is 8.16. The van der Waals surface area contributed by atoms with Crippen LogP contribution in [0.4, 0.5) is 11.6 Å². The van der Waals surface area contributed by atoms with Crippen LogP contribution in [-0.4, -0.2) is 54.6 Å². The molecular formula is C18H25N5. The van der Waals surface area contributed by atoms with Gasteiger partial charge in [0.25, 0.3) is 0 Å². The molecule has 0 radical (unpaired) electrons. The Morgan fingerprint density at radius 3 is 2.39 bits per heavy atom. The molecule has 5 heteroatoms. The average molecular weight is 311 g/mol. The highest BCUT2D eigenvalue weighted by atomic mass is 15.3. The number of anilines is 2. The molecule has 2 aromatic rings. The minimum absolute atomic E-state index is 0.512. The fraction of sp³-hybridized carbons (Fsp3) is 0.444. The maximum Gasteiger partial charge on any atom is 0.224 e. The topological polar surface area (TPSA) is 35.5 Å². The van der Waals surface area contributed by atoms with E-state index >= 15 is 0 Å². The van der Waals surface area contributed by atoms with Crippen molar-refractivity contribution in [1.29, 1.82) is 0 Å². The Hall–Kier alpha value is -2.14. The Kier molecular flexibility index (Phi) is 4.76. The van der Waals surface area contributed by atoms with Crippen LogP contribution in [0.5, 0.6) is 0 Å². The summed E-state index contributed by atoms with van der Waals surface area (Å²) in [5.41, 5.74) is 2.49. The van der Waals surface area contributed by atoms with E-state index in [1.807, 2.05) is 31.4 Å². The molecule has 1 aromatic carbocycles. The van der Waals surface area contributed by atoms with Crippen molar-refractivity contribution in [2.75, 3.05) is 43.5 Å². The maximum atomic E-state index is 4.41. The van der Waals surface area contributed by atoms with Crippen LogP contribution >= 0.6 is 0 Å². The van der Waals surface area contributed by atoms with Crippen LogP contribution in [-0.2, 0) is 6.54 Å². The van der Waals surface area contributed by atoms with Gasteiger partial charge < -0.3 is 9.80 Å². The van der Waals surface area contributed by atoms with Gasteiger partial charge in [0.1, 0.15) is 0 Å². The number of piperazine rings is 1. The fourth-order valence-electron chi connectivity index (χ4n) is 3.00. The summed E-state index contributed by atoms with van der Waals surface area (Å²) in [6.07, 6.45) is 3.89. The van der Waals surface area contributed by atoms with Crippen molar-refractivity contribution in [3.63, 3.8) is 0 Å². The summed E-state index contributed by atoms with van der Waals surface area (Å²) >= 11 is 0. The van der Waals surface area contributed by atoms with Gasteiger partial charge in [0, 0.05) is 70.0 Å². The van der Waals surface area contributed by atoms with Gasteiger partial charge in [0.2, 0.25) is 5.95 Å². The predicted molar refractivity (Wildman–Crippen MR) is 94.9 cm³/mol. The Labute approximate surface area is 138 Å². The highest BCUT2D eigenvalue weighted by Gasteiger charge is 2.23. The molecule has 122 valence electrons. The molecule has 0 N–H and O–H groups in total. The van der Waals surface area contributed by atoms with Crippen molar-refractivity contribution in [3.8, 4) is 0 Å². The highest BCUT2D eigenvalue weighted by Crippen LogP contribution is 2.20. The smallest absolute Gasteiger partial charge is 0.224 e. The molecule has 1 saturated heterocycles.